The Morgan fingerprint density at radius 1 is 0.759 bits per heavy atom. The number of hydrogen-bond donors (Lipinski definition) is 0. The first-order chi connectivity index (χ1) is 14.2. The largest absolute Gasteiger partial charge is 0.352 e. The van der Waals surface area contributed by atoms with E-state index >= 15 is 0 Å². The smallest absolute Gasteiger partial charge is 0.245 e. The van der Waals surface area contributed by atoms with Gasteiger partial charge in [-0.1, -0.05) is 0 Å². The highest BCUT2D eigenvalue weighted by atomic mass is 32.2. The molecule has 0 radical (unpaired) electrons. The van der Waals surface area contributed by atoms with Crippen LogP contribution in [0, 0.1) is 13.8 Å². The molecule has 2 saturated heterocycles. The van der Waals surface area contributed by atoms with Gasteiger partial charge in [-0.05, 0) is 24.2 Å². The van der Waals surface area contributed by atoms with Crippen LogP contribution in [0.2, 0.25) is 0 Å². The van der Waals surface area contributed by atoms with Crippen molar-refractivity contribution in [2.75, 3.05) is 65.5 Å². The molecule has 2 aliphatic heterocycles. The lowest BCUT2D eigenvalue weighted by Gasteiger charge is -2.38. The number of nitrogens with zero attached hydrogens (tertiary/aromatic N) is 9. The molecule has 29 heavy (non-hydrogen) atoms. The second-order valence-electron chi connectivity index (χ2n) is 7.28. The van der Waals surface area contributed by atoms with Crippen LogP contribution in [-0.2, 0) is 0 Å². The molecule has 0 bridgehead atoms. The monoisotopic (exact) mass is 413 g/mol. The van der Waals surface area contributed by atoms with E-state index in [2.05, 4.69) is 30.0 Å². The molecule has 0 unspecified atom stereocenters. The average molecular weight is 414 g/mol. The minimum absolute atomic E-state index is 0.456. The van der Waals surface area contributed by atoms with Crippen molar-refractivity contribution in [3.8, 4) is 0 Å². The summed E-state index contributed by atoms with van der Waals surface area (Å²) >= 11 is 1.97. The van der Waals surface area contributed by atoms with Gasteiger partial charge in [0.2, 0.25) is 11.3 Å². The first kappa shape index (κ1) is 18.3. The average Bonchev–Trinajstić information content (AvgIpc) is 3.23. The van der Waals surface area contributed by atoms with Crippen LogP contribution >= 0.6 is 11.8 Å². The molecule has 0 aliphatic carbocycles. The van der Waals surface area contributed by atoms with Crippen molar-refractivity contribution in [3.63, 3.8) is 0 Å². The lowest BCUT2D eigenvalue weighted by molar-refractivity contribution is 0.314. The van der Waals surface area contributed by atoms with Crippen LogP contribution in [0.15, 0.2) is 10.8 Å². The second kappa shape index (κ2) is 7.62. The minimum atomic E-state index is 0.456. The van der Waals surface area contributed by atoms with Gasteiger partial charge in [-0.2, -0.15) is 11.8 Å². The van der Waals surface area contributed by atoms with Gasteiger partial charge in [-0.3, -0.25) is 4.98 Å². The van der Waals surface area contributed by atoms with E-state index in [0.717, 1.165) is 79.6 Å². The fraction of sp³-hybridized carbons (Fsp3) is 0.556. The lowest BCUT2D eigenvalue weighted by atomic mass is 10.2. The summed E-state index contributed by atoms with van der Waals surface area (Å²) < 4.78 is 4.86. The van der Waals surface area contributed by atoms with Crippen molar-refractivity contribution >= 4 is 40.5 Å². The van der Waals surface area contributed by atoms with Gasteiger partial charge >= 0.3 is 0 Å². The zero-order chi connectivity index (χ0) is 19.8. The lowest BCUT2D eigenvalue weighted by Crippen LogP contribution is -2.48. The number of hydrogen-bond acceptors (Lipinski definition) is 11. The van der Waals surface area contributed by atoms with Gasteiger partial charge in [0.25, 0.3) is 0 Å². The molecule has 0 atom stereocenters. The molecule has 11 heteroatoms. The molecule has 2 aliphatic rings. The topological polar surface area (TPSA) is 100 Å². The van der Waals surface area contributed by atoms with Crippen LogP contribution < -0.4 is 14.7 Å². The van der Waals surface area contributed by atoms with Crippen molar-refractivity contribution in [3.05, 3.63) is 17.6 Å². The van der Waals surface area contributed by atoms with Gasteiger partial charge in [0.15, 0.2) is 11.6 Å². The molecule has 0 amide bonds. The Morgan fingerprint density at radius 2 is 1.31 bits per heavy atom. The Labute approximate surface area is 172 Å². The van der Waals surface area contributed by atoms with Crippen molar-refractivity contribution in [1.29, 1.82) is 0 Å². The van der Waals surface area contributed by atoms with Gasteiger partial charge in [-0.25, -0.2) is 19.6 Å². The molecule has 3 aromatic rings. The number of fused-ring (bicyclic) bond motifs is 1. The number of thioether (sulfide) groups is 1. The highest BCUT2D eigenvalue weighted by Crippen LogP contribution is 2.30. The van der Waals surface area contributed by atoms with E-state index in [4.69, 9.17) is 19.6 Å². The van der Waals surface area contributed by atoms with E-state index in [1.165, 1.54) is 0 Å². The van der Waals surface area contributed by atoms with Crippen LogP contribution in [0.25, 0.3) is 11.3 Å². The third kappa shape index (κ3) is 3.54. The van der Waals surface area contributed by atoms with Gasteiger partial charge in [0, 0.05) is 57.0 Å². The quantitative estimate of drug-likeness (QED) is 0.621. The van der Waals surface area contributed by atoms with Crippen LogP contribution in [-0.4, -0.2) is 81.0 Å². The molecule has 5 heterocycles. The summed E-state index contributed by atoms with van der Waals surface area (Å²) in [6.07, 6.45) is 1.81. The molecule has 0 saturated carbocycles. The first-order valence-electron chi connectivity index (χ1n) is 9.82. The summed E-state index contributed by atoms with van der Waals surface area (Å²) in [7, 11) is 0. The van der Waals surface area contributed by atoms with Crippen molar-refractivity contribution in [2.45, 2.75) is 13.8 Å². The standard InChI is InChI=1S/C18H23N9OS/c1-12-11-19-13(2)16(20-12)25-3-5-26(6-4-25)17-18(27-7-9-29-10-8-27)22-15-14(21-17)23-28-24-15/h11H,3-10H2,1-2H3. The molecule has 0 N–H and O–H groups in total. The molecule has 0 aromatic carbocycles. The van der Waals surface area contributed by atoms with Gasteiger partial charge in [-0.15, -0.1) is 0 Å². The summed E-state index contributed by atoms with van der Waals surface area (Å²) in [5.41, 5.74) is 2.82. The maximum absolute atomic E-state index is 4.86. The van der Waals surface area contributed by atoms with Gasteiger partial charge in [0.1, 0.15) is 5.82 Å². The van der Waals surface area contributed by atoms with Crippen LogP contribution in [0.5, 0.6) is 0 Å². The summed E-state index contributed by atoms with van der Waals surface area (Å²) in [5.74, 6) is 4.91. The summed E-state index contributed by atoms with van der Waals surface area (Å²) in [6, 6.07) is 0. The molecular weight excluding hydrogens is 390 g/mol. The summed E-state index contributed by atoms with van der Waals surface area (Å²) in [5, 5.41) is 7.80. The third-order valence-electron chi connectivity index (χ3n) is 5.32. The Hall–Kier alpha value is -2.69. The van der Waals surface area contributed by atoms with Crippen molar-refractivity contribution in [2.24, 2.45) is 0 Å². The molecule has 152 valence electrons. The molecule has 0 spiro atoms. The third-order valence-corrected chi connectivity index (χ3v) is 6.26. The zero-order valence-electron chi connectivity index (χ0n) is 16.6. The number of aryl methyl sites for hydroxylation is 2. The SMILES string of the molecule is Cc1cnc(C)c(N2CCN(c3nc4nonc4nc3N3CCSCC3)CC2)n1. The van der Waals surface area contributed by atoms with E-state index in [0.29, 0.717) is 11.3 Å². The van der Waals surface area contributed by atoms with Crippen LogP contribution in [0.4, 0.5) is 17.5 Å². The Balaban J connectivity index is 1.41. The van der Waals surface area contributed by atoms with Gasteiger partial charge < -0.3 is 14.7 Å². The molecule has 10 nitrogen and oxygen atoms in total. The highest BCUT2D eigenvalue weighted by molar-refractivity contribution is 7.99. The van der Waals surface area contributed by atoms with E-state index in [-0.39, 0.29) is 0 Å². The summed E-state index contributed by atoms with van der Waals surface area (Å²) in [6.45, 7) is 9.27. The maximum atomic E-state index is 4.86. The predicted molar refractivity (Wildman–Crippen MR) is 113 cm³/mol. The number of rotatable bonds is 3. The first-order valence-corrected chi connectivity index (χ1v) is 11.0. The van der Waals surface area contributed by atoms with Crippen LogP contribution in [0.1, 0.15) is 11.4 Å². The fourth-order valence-corrected chi connectivity index (χ4v) is 4.68. The van der Waals surface area contributed by atoms with Crippen LogP contribution in [0.3, 0.4) is 0 Å². The molecule has 3 aromatic heterocycles. The fourth-order valence-electron chi connectivity index (χ4n) is 3.77. The molecule has 2 fully saturated rings. The maximum Gasteiger partial charge on any atom is 0.245 e. The number of anilines is 3. The number of aromatic nitrogens is 6. The van der Waals surface area contributed by atoms with E-state index in [1.54, 1.807) is 0 Å². The van der Waals surface area contributed by atoms with E-state index in [9.17, 15) is 0 Å². The summed E-state index contributed by atoms with van der Waals surface area (Å²) in [4.78, 5) is 25.6. The molecule has 5 rings (SSSR count). The minimum Gasteiger partial charge on any atom is -0.352 e. The Bertz CT molecular complexity index is 1010. The Morgan fingerprint density at radius 3 is 1.93 bits per heavy atom. The van der Waals surface area contributed by atoms with Crippen molar-refractivity contribution in [1.82, 2.24) is 30.2 Å². The normalized spacial score (nSPS) is 17.9. The molecular formula is C18H23N9OS. The van der Waals surface area contributed by atoms with E-state index in [1.807, 2.05) is 31.8 Å². The van der Waals surface area contributed by atoms with Crippen molar-refractivity contribution < 1.29 is 4.63 Å². The van der Waals surface area contributed by atoms with Gasteiger partial charge in [0.05, 0.1) is 11.4 Å². The predicted octanol–water partition coefficient (Wildman–Crippen LogP) is 1.30. The van der Waals surface area contributed by atoms with E-state index < -0.39 is 0 Å². The zero-order valence-corrected chi connectivity index (χ0v) is 17.4. The Kier molecular flexibility index (Phi) is 4.82. The second-order valence-corrected chi connectivity index (χ2v) is 8.50. The highest BCUT2D eigenvalue weighted by Gasteiger charge is 2.27. The number of piperazine rings is 1.